The van der Waals surface area contributed by atoms with Gasteiger partial charge in [0, 0.05) is 17.8 Å². The molecule has 3 aromatic heterocycles. The smallest absolute Gasteiger partial charge is 0.264 e. The van der Waals surface area contributed by atoms with E-state index in [0.29, 0.717) is 17.8 Å². The number of nitrogens with zero attached hydrogens (tertiary/aromatic N) is 5. The van der Waals surface area contributed by atoms with Crippen LogP contribution >= 0.6 is 0 Å². The molecule has 0 saturated carbocycles. The van der Waals surface area contributed by atoms with Crippen LogP contribution in [0.3, 0.4) is 0 Å². The van der Waals surface area contributed by atoms with Gasteiger partial charge in [0.25, 0.3) is 12.3 Å². The van der Waals surface area contributed by atoms with Gasteiger partial charge in [0.05, 0.1) is 37.7 Å². The van der Waals surface area contributed by atoms with Crippen LogP contribution in [0.4, 0.5) is 29.2 Å². The SMILES string of the molecule is CC1CC(Nc2cc(C(F)F)cc(N3CC(F)(C(=O)N[C@@H](C)c4ccc(-n5cc(F)cn5)nc4)C3)n2)NN1. The zero-order valence-electron chi connectivity index (χ0n) is 20.6. The Labute approximate surface area is 215 Å². The Morgan fingerprint density at radius 3 is 2.55 bits per heavy atom. The summed E-state index contributed by atoms with van der Waals surface area (Å²) in [5, 5.41) is 9.54. The van der Waals surface area contributed by atoms with Crippen molar-refractivity contribution in [1.29, 1.82) is 0 Å². The lowest BCUT2D eigenvalue weighted by molar-refractivity contribution is -0.135. The second-order valence-corrected chi connectivity index (χ2v) is 9.64. The number of hydrogen-bond acceptors (Lipinski definition) is 8. The number of hydrazine groups is 1. The summed E-state index contributed by atoms with van der Waals surface area (Å²) in [5.41, 5.74) is 4.20. The van der Waals surface area contributed by atoms with Gasteiger partial charge >= 0.3 is 0 Å². The molecule has 2 aliphatic heterocycles. The minimum absolute atomic E-state index is 0.160. The number of nitrogens with one attached hydrogen (secondary N) is 4. The van der Waals surface area contributed by atoms with Crippen LogP contribution in [0.25, 0.3) is 5.82 Å². The van der Waals surface area contributed by atoms with E-state index in [1.54, 1.807) is 19.1 Å². The van der Waals surface area contributed by atoms with Gasteiger partial charge in [0.1, 0.15) is 11.6 Å². The summed E-state index contributed by atoms with van der Waals surface area (Å²) in [6.07, 6.45) is 1.50. The third-order valence-electron chi connectivity index (χ3n) is 6.52. The van der Waals surface area contributed by atoms with Crippen molar-refractivity contribution in [2.45, 2.75) is 50.6 Å². The standard InChI is InChI=1S/C24H27F4N9O/c1-13-5-19(35-34-13)32-18-6-16(22(26)27)7-21(33-18)36-11-24(28,12-36)23(38)31-14(2)15-3-4-20(29-8-15)37-10-17(25)9-30-37/h3-4,6-10,13-14,19,22,34-35H,5,11-12H2,1-2H3,(H,31,38)(H,32,33)/t13?,14-,19?/m0/s1. The molecule has 0 bridgehead atoms. The molecule has 3 atom stereocenters. The van der Waals surface area contributed by atoms with Crippen LogP contribution in [0, 0.1) is 5.82 Å². The van der Waals surface area contributed by atoms with Crippen molar-refractivity contribution in [2.24, 2.45) is 0 Å². The van der Waals surface area contributed by atoms with Crippen molar-refractivity contribution in [3.05, 3.63) is 59.8 Å². The minimum atomic E-state index is -2.74. The lowest BCUT2D eigenvalue weighted by Gasteiger charge is -2.44. The number of pyridine rings is 2. The Kier molecular flexibility index (Phi) is 6.92. The van der Waals surface area contributed by atoms with Crippen LogP contribution in [-0.4, -0.2) is 56.6 Å². The summed E-state index contributed by atoms with van der Waals surface area (Å²) in [6, 6.07) is 5.38. The second kappa shape index (κ2) is 10.2. The van der Waals surface area contributed by atoms with E-state index < -0.39 is 29.9 Å². The van der Waals surface area contributed by atoms with E-state index in [0.717, 1.165) is 6.20 Å². The van der Waals surface area contributed by atoms with E-state index in [-0.39, 0.29) is 42.5 Å². The minimum Gasteiger partial charge on any atom is -0.353 e. The number of rotatable bonds is 8. The Balaban J connectivity index is 1.21. The van der Waals surface area contributed by atoms with Crippen molar-refractivity contribution in [3.63, 3.8) is 0 Å². The largest absolute Gasteiger partial charge is 0.353 e. The Bertz CT molecular complexity index is 1300. The Hall–Kier alpha value is -3.78. The lowest BCUT2D eigenvalue weighted by atomic mass is 9.94. The molecule has 4 N–H and O–H groups in total. The molecule has 3 aromatic rings. The molecule has 1 amide bonds. The van der Waals surface area contributed by atoms with Gasteiger partial charge in [-0.05, 0) is 44.0 Å². The van der Waals surface area contributed by atoms with E-state index in [2.05, 4.69) is 36.6 Å². The van der Waals surface area contributed by atoms with Gasteiger partial charge in [-0.2, -0.15) is 5.10 Å². The zero-order valence-corrected chi connectivity index (χ0v) is 20.6. The molecule has 2 fully saturated rings. The molecule has 5 rings (SSSR count). The molecule has 2 unspecified atom stereocenters. The topological polar surface area (TPSA) is 112 Å². The molecule has 14 heteroatoms. The van der Waals surface area contributed by atoms with Crippen molar-refractivity contribution < 1.29 is 22.4 Å². The number of carbonyl (C=O) groups excluding carboxylic acids is 1. The quantitative estimate of drug-likeness (QED) is 0.327. The van der Waals surface area contributed by atoms with E-state index in [1.807, 2.05) is 6.92 Å². The molecule has 10 nitrogen and oxygen atoms in total. The highest BCUT2D eigenvalue weighted by Gasteiger charge is 2.51. The maximum absolute atomic E-state index is 15.4. The van der Waals surface area contributed by atoms with Gasteiger partial charge in [-0.3, -0.25) is 10.2 Å². The van der Waals surface area contributed by atoms with Crippen LogP contribution in [-0.2, 0) is 4.79 Å². The molecule has 0 radical (unpaired) electrons. The number of alkyl halides is 3. The number of amides is 1. The van der Waals surface area contributed by atoms with Gasteiger partial charge in [-0.1, -0.05) is 6.07 Å². The fraction of sp³-hybridized carbons (Fsp3) is 0.417. The summed E-state index contributed by atoms with van der Waals surface area (Å²) < 4.78 is 56.9. The lowest BCUT2D eigenvalue weighted by Crippen LogP contribution is -2.66. The fourth-order valence-corrected chi connectivity index (χ4v) is 4.38. The first-order valence-electron chi connectivity index (χ1n) is 12.1. The summed E-state index contributed by atoms with van der Waals surface area (Å²) in [5.74, 6) is -0.545. The van der Waals surface area contributed by atoms with Crippen LogP contribution in [0.5, 0.6) is 0 Å². The third kappa shape index (κ3) is 5.41. The first kappa shape index (κ1) is 25.9. The monoisotopic (exact) mass is 533 g/mol. The molecule has 2 saturated heterocycles. The van der Waals surface area contributed by atoms with E-state index in [9.17, 15) is 18.0 Å². The zero-order chi connectivity index (χ0) is 27.0. The van der Waals surface area contributed by atoms with Crippen LogP contribution in [0.1, 0.15) is 43.9 Å². The molecule has 2 aliphatic rings. The van der Waals surface area contributed by atoms with Gasteiger partial charge in [-0.25, -0.2) is 37.6 Å². The summed E-state index contributed by atoms with van der Waals surface area (Å²) in [7, 11) is 0. The van der Waals surface area contributed by atoms with Crippen molar-refractivity contribution in [3.8, 4) is 5.82 Å². The highest BCUT2D eigenvalue weighted by atomic mass is 19.3. The predicted octanol–water partition coefficient (Wildman–Crippen LogP) is 2.77. The molecule has 0 aliphatic carbocycles. The summed E-state index contributed by atoms with van der Waals surface area (Å²) >= 11 is 0. The summed E-state index contributed by atoms with van der Waals surface area (Å²) in [4.78, 5) is 22.8. The van der Waals surface area contributed by atoms with Crippen molar-refractivity contribution in [1.82, 2.24) is 35.9 Å². The van der Waals surface area contributed by atoms with Crippen LogP contribution in [0.15, 0.2) is 42.9 Å². The number of halogens is 4. The maximum Gasteiger partial charge on any atom is 0.264 e. The normalized spacial score (nSPS) is 21.3. The molecule has 0 aromatic carbocycles. The van der Waals surface area contributed by atoms with Gasteiger partial charge < -0.3 is 15.5 Å². The summed E-state index contributed by atoms with van der Waals surface area (Å²) in [6.45, 7) is 3.01. The second-order valence-electron chi connectivity index (χ2n) is 9.64. The predicted molar refractivity (Wildman–Crippen MR) is 131 cm³/mol. The molecule has 202 valence electrons. The first-order valence-corrected chi connectivity index (χ1v) is 12.1. The molecule has 5 heterocycles. The van der Waals surface area contributed by atoms with Crippen molar-refractivity contribution >= 4 is 17.5 Å². The maximum atomic E-state index is 15.4. The average Bonchev–Trinajstić information content (AvgIpc) is 3.49. The molecular weight excluding hydrogens is 506 g/mol. The van der Waals surface area contributed by atoms with Crippen LogP contribution in [0.2, 0.25) is 0 Å². The molecule has 0 spiro atoms. The van der Waals surface area contributed by atoms with Gasteiger partial charge in [0.15, 0.2) is 11.6 Å². The number of anilines is 2. The van der Waals surface area contributed by atoms with E-state index in [4.69, 9.17) is 0 Å². The molecule has 38 heavy (non-hydrogen) atoms. The average molecular weight is 534 g/mol. The Morgan fingerprint density at radius 1 is 1.16 bits per heavy atom. The van der Waals surface area contributed by atoms with Gasteiger partial charge in [0.2, 0.25) is 5.67 Å². The van der Waals surface area contributed by atoms with Gasteiger partial charge in [-0.15, -0.1) is 0 Å². The fourth-order valence-electron chi connectivity index (χ4n) is 4.38. The molecular formula is C24H27F4N9O. The number of hydrogen-bond donors (Lipinski definition) is 4. The van der Waals surface area contributed by atoms with Crippen molar-refractivity contribution in [2.75, 3.05) is 23.3 Å². The van der Waals surface area contributed by atoms with Crippen LogP contribution < -0.4 is 26.4 Å². The Morgan fingerprint density at radius 2 is 1.95 bits per heavy atom. The van der Waals surface area contributed by atoms with E-state index >= 15 is 4.39 Å². The number of aromatic nitrogens is 4. The first-order chi connectivity index (χ1) is 18.1. The highest BCUT2D eigenvalue weighted by molar-refractivity contribution is 5.89. The highest BCUT2D eigenvalue weighted by Crippen LogP contribution is 2.34. The third-order valence-corrected chi connectivity index (χ3v) is 6.52. The van der Waals surface area contributed by atoms with E-state index in [1.165, 1.54) is 34.1 Å². The number of carbonyl (C=O) groups is 1.